The van der Waals surface area contributed by atoms with Crippen LogP contribution in [0.1, 0.15) is 36.6 Å². The minimum Gasteiger partial charge on any atom is -0.378 e. The molecule has 4 heteroatoms. The lowest BCUT2D eigenvalue weighted by Gasteiger charge is -2.03. The van der Waals surface area contributed by atoms with Gasteiger partial charge in [0.15, 0.2) is 0 Å². The molecule has 0 radical (unpaired) electrons. The van der Waals surface area contributed by atoms with Gasteiger partial charge >= 0.3 is 0 Å². The van der Waals surface area contributed by atoms with Crippen LogP contribution in [-0.4, -0.2) is 9.78 Å². The molecule has 3 nitrogen and oxygen atoms in total. The summed E-state index contributed by atoms with van der Waals surface area (Å²) in [5, 5.41) is 7.71. The molecule has 0 fully saturated rings. The van der Waals surface area contributed by atoms with E-state index in [1.807, 2.05) is 22.2 Å². The van der Waals surface area contributed by atoms with Crippen molar-refractivity contribution < 1.29 is 0 Å². The molecule has 0 aliphatic heterocycles. The van der Waals surface area contributed by atoms with Crippen LogP contribution >= 0.6 is 11.3 Å². The van der Waals surface area contributed by atoms with Gasteiger partial charge in [0.2, 0.25) is 0 Å². The third-order valence-electron chi connectivity index (χ3n) is 2.66. The van der Waals surface area contributed by atoms with Crippen molar-refractivity contribution in [3.63, 3.8) is 0 Å². The number of anilines is 1. The molecule has 0 saturated heterocycles. The molecule has 0 spiro atoms. The molecule has 0 amide bonds. The summed E-state index contributed by atoms with van der Waals surface area (Å²) < 4.78 is 1.97. The van der Waals surface area contributed by atoms with E-state index in [0.717, 1.165) is 18.7 Å². The zero-order valence-electron chi connectivity index (χ0n) is 10.6. The highest BCUT2D eigenvalue weighted by Gasteiger charge is 2.02. The number of nitrogens with one attached hydrogen (secondary N) is 1. The SMILES string of the molecule is CCc1ccc(CNc2cnn(C(C)C)c2)s1. The molecule has 1 N–H and O–H groups in total. The van der Waals surface area contributed by atoms with Crippen molar-refractivity contribution in [3.05, 3.63) is 34.3 Å². The van der Waals surface area contributed by atoms with Gasteiger partial charge in [-0.2, -0.15) is 5.10 Å². The third-order valence-corrected chi connectivity index (χ3v) is 3.89. The van der Waals surface area contributed by atoms with Crippen LogP contribution in [0.2, 0.25) is 0 Å². The van der Waals surface area contributed by atoms with Crippen LogP contribution < -0.4 is 5.32 Å². The quantitative estimate of drug-likeness (QED) is 0.875. The lowest BCUT2D eigenvalue weighted by molar-refractivity contribution is 0.532. The molecule has 2 aromatic rings. The zero-order chi connectivity index (χ0) is 12.3. The summed E-state index contributed by atoms with van der Waals surface area (Å²) in [5.41, 5.74) is 1.09. The zero-order valence-corrected chi connectivity index (χ0v) is 11.4. The van der Waals surface area contributed by atoms with Crippen LogP contribution in [0.5, 0.6) is 0 Å². The Morgan fingerprint density at radius 1 is 1.35 bits per heavy atom. The summed E-state index contributed by atoms with van der Waals surface area (Å²) in [6, 6.07) is 4.82. The Labute approximate surface area is 106 Å². The van der Waals surface area contributed by atoms with E-state index in [9.17, 15) is 0 Å². The summed E-state index contributed by atoms with van der Waals surface area (Å²) in [6.07, 6.45) is 5.06. The maximum Gasteiger partial charge on any atom is 0.0729 e. The summed E-state index contributed by atoms with van der Waals surface area (Å²) in [5.74, 6) is 0. The lowest BCUT2D eigenvalue weighted by Crippen LogP contribution is -2.00. The van der Waals surface area contributed by atoms with Gasteiger partial charge in [0.1, 0.15) is 0 Å². The number of rotatable bonds is 5. The molecule has 0 aliphatic rings. The van der Waals surface area contributed by atoms with Gasteiger partial charge in [0.25, 0.3) is 0 Å². The Balaban J connectivity index is 1.92. The van der Waals surface area contributed by atoms with Crippen molar-refractivity contribution in [2.24, 2.45) is 0 Å². The lowest BCUT2D eigenvalue weighted by atomic mass is 10.3. The molecule has 2 aromatic heterocycles. The van der Waals surface area contributed by atoms with Crippen molar-refractivity contribution in [2.75, 3.05) is 5.32 Å². The highest BCUT2D eigenvalue weighted by Crippen LogP contribution is 2.18. The normalized spacial score (nSPS) is 11.1. The highest BCUT2D eigenvalue weighted by atomic mass is 32.1. The Hall–Kier alpha value is -1.29. The molecular weight excluding hydrogens is 230 g/mol. The third kappa shape index (κ3) is 3.09. The fraction of sp³-hybridized carbons (Fsp3) is 0.462. The number of nitrogens with zero attached hydrogens (tertiary/aromatic N) is 2. The summed E-state index contributed by atoms with van der Waals surface area (Å²) in [6.45, 7) is 7.33. The average molecular weight is 249 g/mol. The standard InChI is InChI=1S/C13H19N3S/c1-4-12-5-6-13(17-12)8-14-11-7-15-16(9-11)10(2)3/h5-7,9-10,14H,4,8H2,1-3H3. The van der Waals surface area contributed by atoms with Gasteiger partial charge in [-0.1, -0.05) is 6.92 Å². The highest BCUT2D eigenvalue weighted by molar-refractivity contribution is 7.12. The maximum atomic E-state index is 4.31. The first kappa shape index (κ1) is 12.2. The van der Waals surface area contributed by atoms with Crippen LogP contribution in [0.25, 0.3) is 0 Å². The fourth-order valence-corrected chi connectivity index (χ4v) is 2.51. The van der Waals surface area contributed by atoms with E-state index >= 15 is 0 Å². The molecule has 0 bridgehead atoms. The molecule has 2 rings (SSSR count). The smallest absolute Gasteiger partial charge is 0.0729 e. The largest absolute Gasteiger partial charge is 0.378 e. The first-order valence-electron chi connectivity index (χ1n) is 6.04. The molecule has 2 heterocycles. The number of hydrogen-bond donors (Lipinski definition) is 1. The second-order valence-electron chi connectivity index (χ2n) is 4.38. The second-order valence-corrected chi connectivity index (χ2v) is 5.63. The van der Waals surface area contributed by atoms with E-state index in [-0.39, 0.29) is 0 Å². The monoisotopic (exact) mass is 249 g/mol. The molecule has 0 aliphatic carbocycles. The minimum absolute atomic E-state index is 0.416. The average Bonchev–Trinajstić information content (AvgIpc) is 2.95. The van der Waals surface area contributed by atoms with Crippen LogP contribution in [0, 0.1) is 0 Å². The van der Waals surface area contributed by atoms with E-state index in [1.165, 1.54) is 9.75 Å². The van der Waals surface area contributed by atoms with Gasteiger partial charge in [0, 0.05) is 28.5 Å². The summed E-state index contributed by atoms with van der Waals surface area (Å²) >= 11 is 1.88. The minimum atomic E-state index is 0.416. The number of aromatic nitrogens is 2. The van der Waals surface area contributed by atoms with Crippen molar-refractivity contribution in [3.8, 4) is 0 Å². The molecule has 0 unspecified atom stereocenters. The fourth-order valence-electron chi connectivity index (χ4n) is 1.61. The summed E-state index contributed by atoms with van der Waals surface area (Å²) in [7, 11) is 0. The predicted molar refractivity (Wildman–Crippen MR) is 73.6 cm³/mol. The molecule has 0 saturated carbocycles. The predicted octanol–water partition coefficient (Wildman–Crippen LogP) is 3.70. The van der Waals surface area contributed by atoms with E-state index in [1.54, 1.807) is 0 Å². The molecule has 0 aromatic carbocycles. The van der Waals surface area contributed by atoms with Crippen molar-refractivity contribution in [1.29, 1.82) is 0 Å². The van der Waals surface area contributed by atoms with Crippen molar-refractivity contribution in [2.45, 2.75) is 39.8 Å². The Kier molecular flexibility index (Phi) is 3.84. The molecule has 0 atom stereocenters. The van der Waals surface area contributed by atoms with Crippen LogP contribution in [0.15, 0.2) is 24.5 Å². The summed E-state index contributed by atoms with van der Waals surface area (Å²) in [4.78, 5) is 2.82. The van der Waals surface area contributed by atoms with Gasteiger partial charge in [-0.25, -0.2) is 0 Å². The van der Waals surface area contributed by atoms with E-state index in [0.29, 0.717) is 6.04 Å². The van der Waals surface area contributed by atoms with Gasteiger partial charge < -0.3 is 5.32 Å². The van der Waals surface area contributed by atoms with Crippen LogP contribution in [-0.2, 0) is 13.0 Å². The number of thiophene rings is 1. The second kappa shape index (κ2) is 5.36. The van der Waals surface area contributed by atoms with Gasteiger partial charge in [0.05, 0.1) is 11.9 Å². The Morgan fingerprint density at radius 2 is 2.12 bits per heavy atom. The van der Waals surface area contributed by atoms with Crippen molar-refractivity contribution in [1.82, 2.24) is 9.78 Å². The van der Waals surface area contributed by atoms with Crippen LogP contribution in [0.4, 0.5) is 5.69 Å². The van der Waals surface area contributed by atoms with Gasteiger partial charge in [-0.3, -0.25) is 4.68 Å². The topological polar surface area (TPSA) is 29.9 Å². The molecule has 92 valence electrons. The van der Waals surface area contributed by atoms with E-state index in [4.69, 9.17) is 0 Å². The first-order chi connectivity index (χ1) is 8.19. The van der Waals surface area contributed by atoms with Crippen LogP contribution in [0.3, 0.4) is 0 Å². The first-order valence-corrected chi connectivity index (χ1v) is 6.86. The Bertz CT molecular complexity index is 470. The van der Waals surface area contributed by atoms with Crippen molar-refractivity contribution >= 4 is 17.0 Å². The van der Waals surface area contributed by atoms with Gasteiger partial charge in [-0.15, -0.1) is 11.3 Å². The Morgan fingerprint density at radius 3 is 2.71 bits per heavy atom. The molecular formula is C13H19N3S. The van der Waals surface area contributed by atoms with Gasteiger partial charge in [-0.05, 0) is 32.4 Å². The molecule has 17 heavy (non-hydrogen) atoms. The van der Waals surface area contributed by atoms with E-state index in [2.05, 4.69) is 49.5 Å². The number of hydrogen-bond acceptors (Lipinski definition) is 3. The van der Waals surface area contributed by atoms with E-state index < -0.39 is 0 Å². The maximum absolute atomic E-state index is 4.31. The number of aryl methyl sites for hydroxylation is 1.